The first kappa shape index (κ1) is 8.88. The van der Waals surface area contributed by atoms with E-state index in [1.54, 1.807) is 12.5 Å². The topological polar surface area (TPSA) is 25.2 Å². The van der Waals surface area contributed by atoms with E-state index in [4.69, 9.17) is 4.42 Å². The molecule has 0 saturated carbocycles. The minimum absolute atomic E-state index is 0.807. The van der Waals surface area contributed by atoms with Gasteiger partial charge in [-0.15, -0.1) is 0 Å². The first-order valence-electron chi connectivity index (χ1n) is 4.67. The molecule has 2 aromatic rings. The monoisotopic (exact) mass is 187 g/mol. The van der Waals surface area contributed by atoms with Crippen LogP contribution in [0.25, 0.3) is 0 Å². The molecule has 0 aliphatic carbocycles. The Morgan fingerprint density at radius 1 is 1.21 bits per heavy atom. The highest BCUT2D eigenvalue weighted by molar-refractivity contribution is 5.50. The van der Waals surface area contributed by atoms with Gasteiger partial charge in [-0.25, -0.2) is 0 Å². The molecule has 0 aliphatic rings. The third-order valence-corrected chi connectivity index (χ3v) is 2.21. The second kappa shape index (κ2) is 4.01. The van der Waals surface area contributed by atoms with Gasteiger partial charge in [0, 0.05) is 17.8 Å². The zero-order valence-corrected chi connectivity index (χ0v) is 8.16. The maximum atomic E-state index is 4.99. The summed E-state index contributed by atoms with van der Waals surface area (Å²) in [5, 5.41) is 3.36. The fraction of sp³-hybridized carbons (Fsp3) is 0.167. The zero-order chi connectivity index (χ0) is 9.80. The lowest BCUT2D eigenvalue weighted by Gasteiger charge is -2.07. The molecule has 2 rings (SSSR count). The van der Waals surface area contributed by atoms with Gasteiger partial charge in [-0.05, 0) is 24.6 Å². The van der Waals surface area contributed by atoms with Crippen molar-refractivity contribution in [2.75, 3.05) is 5.32 Å². The Hall–Kier alpha value is -1.70. The van der Waals surface area contributed by atoms with Crippen molar-refractivity contribution in [2.45, 2.75) is 13.5 Å². The van der Waals surface area contributed by atoms with E-state index in [0.29, 0.717) is 0 Å². The molecule has 0 radical (unpaired) electrons. The Labute approximate surface area is 83.6 Å². The molecule has 2 nitrogen and oxygen atoms in total. The summed E-state index contributed by atoms with van der Waals surface area (Å²) in [4.78, 5) is 0. The summed E-state index contributed by atoms with van der Waals surface area (Å²) in [6.07, 6.45) is 3.44. The predicted octanol–water partition coefficient (Wildman–Crippen LogP) is 3.20. The summed E-state index contributed by atoms with van der Waals surface area (Å²) in [5.41, 5.74) is 3.60. The summed E-state index contributed by atoms with van der Waals surface area (Å²) in [6.45, 7) is 2.90. The molecule has 0 fully saturated rings. The second-order valence-electron chi connectivity index (χ2n) is 3.30. The van der Waals surface area contributed by atoms with Crippen LogP contribution in [0.1, 0.15) is 11.1 Å². The van der Waals surface area contributed by atoms with E-state index < -0.39 is 0 Å². The number of hydrogen-bond donors (Lipinski definition) is 1. The smallest absolute Gasteiger partial charge is 0.0952 e. The van der Waals surface area contributed by atoms with Crippen molar-refractivity contribution < 1.29 is 4.42 Å². The molecule has 0 saturated heterocycles. The average Bonchev–Trinajstić information content (AvgIpc) is 2.69. The number of aryl methyl sites for hydroxylation is 1. The number of hydrogen-bond acceptors (Lipinski definition) is 2. The van der Waals surface area contributed by atoms with Crippen LogP contribution in [0.5, 0.6) is 0 Å². The van der Waals surface area contributed by atoms with Crippen LogP contribution in [-0.2, 0) is 6.54 Å². The SMILES string of the molecule is Cc1ccccc1NCc1ccoc1. The number of furan rings is 1. The van der Waals surface area contributed by atoms with Gasteiger partial charge in [0.15, 0.2) is 0 Å². The Morgan fingerprint density at radius 2 is 2.07 bits per heavy atom. The van der Waals surface area contributed by atoms with E-state index in [-0.39, 0.29) is 0 Å². The minimum atomic E-state index is 0.807. The van der Waals surface area contributed by atoms with Gasteiger partial charge in [-0.1, -0.05) is 18.2 Å². The Morgan fingerprint density at radius 3 is 2.79 bits per heavy atom. The summed E-state index contributed by atoms with van der Waals surface area (Å²) < 4.78 is 4.99. The van der Waals surface area contributed by atoms with E-state index in [1.807, 2.05) is 18.2 Å². The third-order valence-electron chi connectivity index (χ3n) is 2.21. The molecule has 2 heteroatoms. The van der Waals surface area contributed by atoms with Gasteiger partial charge >= 0.3 is 0 Å². The zero-order valence-electron chi connectivity index (χ0n) is 8.16. The lowest BCUT2D eigenvalue weighted by Crippen LogP contribution is -1.99. The number of para-hydroxylation sites is 1. The highest BCUT2D eigenvalue weighted by Gasteiger charge is 1.96. The Bertz CT molecular complexity index is 392. The molecular weight excluding hydrogens is 174 g/mol. The number of rotatable bonds is 3. The molecular formula is C12H13NO. The number of nitrogens with one attached hydrogen (secondary N) is 1. The van der Waals surface area contributed by atoms with E-state index in [9.17, 15) is 0 Å². The highest BCUT2D eigenvalue weighted by atomic mass is 16.3. The van der Waals surface area contributed by atoms with Crippen LogP contribution in [0, 0.1) is 6.92 Å². The molecule has 14 heavy (non-hydrogen) atoms. The minimum Gasteiger partial charge on any atom is -0.472 e. The molecule has 1 N–H and O–H groups in total. The standard InChI is InChI=1S/C12H13NO/c1-10-4-2-3-5-12(10)13-8-11-6-7-14-9-11/h2-7,9,13H,8H2,1H3. The van der Waals surface area contributed by atoms with Crippen molar-refractivity contribution in [2.24, 2.45) is 0 Å². The lowest BCUT2D eigenvalue weighted by molar-refractivity contribution is 0.564. The summed E-state index contributed by atoms with van der Waals surface area (Å²) in [6, 6.07) is 10.2. The van der Waals surface area contributed by atoms with Crippen molar-refractivity contribution in [3.8, 4) is 0 Å². The van der Waals surface area contributed by atoms with Crippen LogP contribution in [-0.4, -0.2) is 0 Å². The third kappa shape index (κ3) is 1.96. The molecule has 1 aromatic heterocycles. The fourth-order valence-electron chi connectivity index (χ4n) is 1.36. The highest BCUT2D eigenvalue weighted by Crippen LogP contribution is 2.14. The van der Waals surface area contributed by atoms with Crippen LogP contribution in [0.2, 0.25) is 0 Å². The molecule has 1 aromatic carbocycles. The molecule has 0 amide bonds. The summed E-state index contributed by atoms with van der Waals surface area (Å²) >= 11 is 0. The molecule has 72 valence electrons. The lowest BCUT2D eigenvalue weighted by atomic mass is 10.2. The molecule has 0 unspecified atom stereocenters. The van der Waals surface area contributed by atoms with E-state index in [0.717, 1.165) is 12.1 Å². The first-order valence-corrected chi connectivity index (χ1v) is 4.67. The van der Waals surface area contributed by atoms with Crippen molar-refractivity contribution in [1.82, 2.24) is 0 Å². The average molecular weight is 187 g/mol. The van der Waals surface area contributed by atoms with Gasteiger partial charge < -0.3 is 9.73 Å². The molecule has 0 atom stereocenters. The fourth-order valence-corrected chi connectivity index (χ4v) is 1.36. The van der Waals surface area contributed by atoms with Crippen LogP contribution in [0.3, 0.4) is 0 Å². The van der Waals surface area contributed by atoms with Gasteiger partial charge in [0.05, 0.1) is 12.5 Å². The van der Waals surface area contributed by atoms with Gasteiger partial charge in [0.1, 0.15) is 0 Å². The van der Waals surface area contributed by atoms with Gasteiger partial charge in [-0.2, -0.15) is 0 Å². The van der Waals surface area contributed by atoms with Crippen LogP contribution >= 0.6 is 0 Å². The van der Waals surface area contributed by atoms with Crippen molar-refractivity contribution in [3.05, 3.63) is 54.0 Å². The molecule has 0 spiro atoms. The van der Waals surface area contributed by atoms with Crippen molar-refractivity contribution in [3.63, 3.8) is 0 Å². The van der Waals surface area contributed by atoms with E-state index in [2.05, 4.69) is 24.4 Å². The summed E-state index contributed by atoms with van der Waals surface area (Å²) in [7, 11) is 0. The normalized spacial score (nSPS) is 10.1. The maximum Gasteiger partial charge on any atom is 0.0952 e. The molecule has 0 bridgehead atoms. The predicted molar refractivity (Wildman–Crippen MR) is 57.2 cm³/mol. The van der Waals surface area contributed by atoms with Gasteiger partial charge in [0.2, 0.25) is 0 Å². The van der Waals surface area contributed by atoms with E-state index >= 15 is 0 Å². The number of benzene rings is 1. The Kier molecular flexibility index (Phi) is 2.54. The van der Waals surface area contributed by atoms with Crippen LogP contribution in [0.4, 0.5) is 5.69 Å². The van der Waals surface area contributed by atoms with Gasteiger partial charge in [0.25, 0.3) is 0 Å². The van der Waals surface area contributed by atoms with Gasteiger partial charge in [-0.3, -0.25) is 0 Å². The second-order valence-corrected chi connectivity index (χ2v) is 3.30. The first-order chi connectivity index (χ1) is 6.86. The maximum absolute atomic E-state index is 4.99. The molecule has 1 heterocycles. The van der Waals surface area contributed by atoms with Crippen molar-refractivity contribution in [1.29, 1.82) is 0 Å². The Balaban J connectivity index is 2.02. The van der Waals surface area contributed by atoms with E-state index in [1.165, 1.54) is 11.3 Å². The van der Waals surface area contributed by atoms with Crippen molar-refractivity contribution >= 4 is 5.69 Å². The van der Waals surface area contributed by atoms with Crippen LogP contribution < -0.4 is 5.32 Å². The quantitative estimate of drug-likeness (QED) is 0.798. The molecule has 0 aliphatic heterocycles. The number of anilines is 1. The summed E-state index contributed by atoms with van der Waals surface area (Å²) in [5.74, 6) is 0. The van der Waals surface area contributed by atoms with Crippen LogP contribution in [0.15, 0.2) is 47.3 Å². The largest absolute Gasteiger partial charge is 0.472 e.